The zero-order valence-corrected chi connectivity index (χ0v) is 20.9. The van der Waals surface area contributed by atoms with Gasteiger partial charge in [-0.3, -0.25) is 0 Å². The Kier molecular flexibility index (Phi) is 5.57. The van der Waals surface area contributed by atoms with Gasteiger partial charge in [0.25, 0.3) is 0 Å². The summed E-state index contributed by atoms with van der Waals surface area (Å²) in [5, 5.41) is 19.7. The van der Waals surface area contributed by atoms with Gasteiger partial charge in [0.05, 0.1) is 11.6 Å². The normalized spacial score (nSPS) is 21.5. The minimum atomic E-state index is -0.546. The molecule has 7 nitrogen and oxygen atoms in total. The summed E-state index contributed by atoms with van der Waals surface area (Å²) in [6.07, 6.45) is 2.23. The Balaban J connectivity index is 1.41. The summed E-state index contributed by atoms with van der Waals surface area (Å²) in [4.78, 5) is 11.5. The van der Waals surface area contributed by atoms with Gasteiger partial charge in [0.15, 0.2) is 5.82 Å². The van der Waals surface area contributed by atoms with Crippen LogP contribution in [0.1, 0.15) is 12.8 Å². The lowest BCUT2D eigenvalue weighted by Gasteiger charge is -2.34. The second-order valence-electron chi connectivity index (χ2n) is 10.4. The number of fused-ring (bicyclic) bond motifs is 4. The number of halogens is 2. The number of nitrogens with one attached hydrogen (secondary N) is 2. The van der Waals surface area contributed by atoms with Crippen LogP contribution in [0.25, 0.3) is 32.8 Å². The van der Waals surface area contributed by atoms with Gasteiger partial charge in [0, 0.05) is 55.1 Å². The van der Waals surface area contributed by atoms with E-state index in [0.717, 1.165) is 49.8 Å². The van der Waals surface area contributed by atoms with Gasteiger partial charge in [0.1, 0.15) is 17.1 Å². The number of ether oxygens (including phenoxy) is 1. The van der Waals surface area contributed by atoms with E-state index in [2.05, 4.69) is 20.5 Å². The van der Waals surface area contributed by atoms with Crippen LogP contribution in [0.3, 0.4) is 0 Å². The number of piperazine rings is 1. The first-order valence-electron chi connectivity index (χ1n) is 12.8. The molecule has 3 aliphatic rings. The predicted octanol–water partition coefficient (Wildman–Crippen LogP) is 4.49. The van der Waals surface area contributed by atoms with Gasteiger partial charge in [-0.15, -0.1) is 0 Å². The molecule has 0 radical (unpaired) electrons. The molecule has 3 saturated heterocycles. The third kappa shape index (κ3) is 4.04. The van der Waals surface area contributed by atoms with E-state index < -0.39 is 5.82 Å². The molecule has 190 valence electrons. The van der Waals surface area contributed by atoms with Gasteiger partial charge in [0.2, 0.25) is 0 Å². The fraction of sp³-hybridized carbons (Fsp3) is 0.357. The smallest absolute Gasteiger partial charge is 0.319 e. The minimum Gasteiger partial charge on any atom is -0.508 e. The van der Waals surface area contributed by atoms with E-state index in [0.29, 0.717) is 41.4 Å². The summed E-state index contributed by atoms with van der Waals surface area (Å²) < 4.78 is 22.5. The summed E-state index contributed by atoms with van der Waals surface area (Å²) in [6, 6.07) is 13.4. The van der Waals surface area contributed by atoms with Crippen LogP contribution < -0.4 is 20.3 Å². The number of phenols is 1. The number of benzene rings is 3. The van der Waals surface area contributed by atoms with Crippen LogP contribution in [-0.4, -0.2) is 59.9 Å². The summed E-state index contributed by atoms with van der Waals surface area (Å²) >= 11 is 6.80. The minimum absolute atomic E-state index is 0.0436. The zero-order valence-electron chi connectivity index (χ0n) is 20.2. The number of hydrogen-bond donors (Lipinski definition) is 3. The summed E-state index contributed by atoms with van der Waals surface area (Å²) in [5.74, 6) is 0.539. The van der Waals surface area contributed by atoms with Crippen LogP contribution in [0.15, 0.2) is 42.5 Å². The second kappa shape index (κ2) is 8.97. The maximum atomic E-state index is 16.5. The Bertz CT molecular complexity index is 1520. The molecule has 0 spiro atoms. The Hall–Kier alpha value is -3.20. The highest BCUT2D eigenvalue weighted by Gasteiger charge is 2.34. The monoisotopic (exact) mass is 519 g/mol. The first kappa shape index (κ1) is 23.0. The van der Waals surface area contributed by atoms with Gasteiger partial charge in [-0.1, -0.05) is 35.9 Å². The van der Waals surface area contributed by atoms with E-state index in [4.69, 9.17) is 21.3 Å². The Morgan fingerprint density at radius 3 is 2.59 bits per heavy atom. The molecule has 9 heteroatoms. The molecular formula is C28H27ClFN5O2. The van der Waals surface area contributed by atoms with Crippen molar-refractivity contribution in [1.82, 2.24) is 20.6 Å². The molecule has 2 bridgehead atoms. The molecule has 2 unspecified atom stereocenters. The van der Waals surface area contributed by atoms with Crippen molar-refractivity contribution in [3.05, 3.63) is 53.3 Å². The molecular weight excluding hydrogens is 493 g/mol. The topological polar surface area (TPSA) is 82.5 Å². The van der Waals surface area contributed by atoms with Gasteiger partial charge in [-0.2, -0.15) is 9.97 Å². The molecule has 37 heavy (non-hydrogen) atoms. The molecule has 4 heterocycles. The summed E-state index contributed by atoms with van der Waals surface area (Å²) in [6.45, 7) is 3.82. The van der Waals surface area contributed by atoms with E-state index in [9.17, 15) is 5.11 Å². The molecule has 3 aliphatic heterocycles. The number of nitrogens with zero attached hydrogens (tertiary/aromatic N) is 3. The van der Waals surface area contributed by atoms with Crippen LogP contribution in [0, 0.1) is 11.7 Å². The van der Waals surface area contributed by atoms with Crippen molar-refractivity contribution in [1.29, 1.82) is 0 Å². The summed E-state index contributed by atoms with van der Waals surface area (Å²) in [5.41, 5.74) is 0.897. The highest BCUT2D eigenvalue weighted by atomic mass is 35.5. The SMILES string of the molecule is Oc1cc(-c2c(Cl)cc3c(N4CC5CCC(C4)N5)nc(OCC4CNC4)nc3c2F)c2ccccc2c1. The lowest BCUT2D eigenvalue weighted by molar-refractivity contribution is 0.188. The standard InChI is InChI=1S/C28H27ClFN5O2/c29-23-9-22-26(25(30)24(23)21-8-19(36)7-16-3-1-2-4-20(16)21)33-28(37-14-15-10-31-11-15)34-27(22)35-12-17-5-6-18(13-35)32-17/h1-4,7-9,15,17-18,31-32,36H,5-6,10-14H2. The quantitative estimate of drug-likeness (QED) is 0.358. The van der Waals surface area contributed by atoms with E-state index in [-0.39, 0.29) is 27.9 Å². The third-order valence-electron chi connectivity index (χ3n) is 7.79. The molecule has 3 aromatic carbocycles. The number of hydrogen-bond acceptors (Lipinski definition) is 7. The Morgan fingerprint density at radius 1 is 1.05 bits per heavy atom. The highest BCUT2D eigenvalue weighted by Crippen LogP contribution is 2.42. The summed E-state index contributed by atoms with van der Waals surface area (Å²) in [7, 11) is 0. The lowest BCUT2D eigenvalue weighted by atomic mass is 9.96. The van der Waals surface area contributed by atoms with Crippen molar-refractivity contribution in [2.24, 2.45) is 5.92 Å². The first-order chi connectivity index (χ1) is 18.0. The molecule has 0 aliphatic carbocycles. The average molecular weight is 520 g/mol. The van der Waals surface area contributed by atoms with E-state index in [1.54, 1.807) is 18.2 Å². The van der Waals surface area contributed by atoms with E-state index in [1.165, 1.54) is 0 Å². The predicted molar refractivity (Wildman–Crippen MR) is 143 cm³/mol. The number of aromatic hydroxyl groups is 1. The number of anilines is 1. The van der Waals surface area contributed by atoms with Crippen LogP contribution in [-0.2, 0) is 0 Å². The van der Waals surface area contributed by atoms with Crippen molar-refractivity contribution in [3.63, 3.8) is 0 Å². The van der Waals surface area contributed by atoms with Crippen LogP contribution in [0.4, 0.5) is 10.2 Å². The number of phenolic OH excluding ortho intramolecular Hbond substituents is 1. The second-order valence-corrected chi connectivity index (χ2v) is 10.8. The van der Waals surface area contributed by atoms with Crippen LogP contribution >= 0.6 is 11.6 Å². The molecule has 3 N–H and O–H groups in total. The number of rotatable bonds is 5. The van der Waals surface area contributed by atoms with E-state index in [1.807, 2.05) is 24.3 Å². The van der Waals surface area contributed by atoms with Crippen molar-refractivity contribution < 1.29 is 14.2 Å². The molecule has 7 rings (SSSR count). The maximum absolute atomic E-state index is 16.5. The molecule has 4 aromatic rings. The lowest BCUT2D eigenvalue weighted by Crippen LogP contribution is -2.51. The molecule has 2 atom stereocenters. The zero-order chi connectivity index (χ0) is 25.1. The maximum Gasteiger partial charge on any atom is 0.319 e. The van der Waals surface area contributed by atoms with Gasteiger partial charge in [-0.25, -0.2) is 4.39 Å². The molecule has 0 saturated carbocycles. The largest absolute Gasteiger partial charge is 0.508 e. The average Bonchev–Trinajstić information content (AvgIpc) is 3.20. The van der Waals surface area contributed by atoms with Crippen molar-refractivity contribution in [2.75, 3.05) is 37.7 Å². The van der Waals surface area contributed by atoms with Gasteiger partial charge >= 0.3 is 6.01 Å². The number of aromatic nitrogens is 2. The van der Waals surface area contributed by atoms with Crippen molar-refractivity contribution >= 4 is 39.1 Å². The Morgan fingerprint density at radius 2 is 1.84 bits per heavy atom. The van der Waals surface area contributed by atoms with Crippen LogP contribution in [0.5, 0.6) is 11.8 Å². The first-order valence-corrected chi connectivity index (χ1v) is 13.2. The van der Waals surface area contributed by atoms with Crippen molar-refractivity contribution in [3.8, 4) is 22.9 Å². The van der Waals surface area contributed by atoms with Gasteiger partial charge < -0.3 is 25.4 Å². The van der Waals surface area contributed by atoms with Crippen molar-refractivity contribution in [2.45, 2.75) is 24.9 Å². The molecule has 3 fully saturated rings. The third-order valence-corrected chi connectivity index (χ3v) is 8.09. The van der Waals surface area contributed by atoms with Crippen LogP contribution in [0.2, 0.25) is 5.02 Å². The molecule has 0 amide bonds. The molecule has 1 aromatic heterocycles. The fourth-order valence-electron chi connectivity index (χ4n) is 5.84. The Labute approximate surface area is 218 Å². The van der Waals surface area contributed by atoms with Gasteiger partial charge in [-0.05, 0) is 47.4 Å². The highest BCUT2D eigenvalue weighted by molar-refractivity contribution is 6.35. The fourth-order valence-corrected chi connectivity index (χ4v) is 6.14. The van der Waals surface area contributed by atoms with E-state index >= 15 is 4.39 Å².